The van der Waals surface area contributed by atoms with Crippen molar-refractivity contribution in [1.29, 1.82) is 0 Å². The number of nitrogens with zero attached hydrogens (tertiary/aromatic N) is 5. The molecule has 8 nitrogen and oxygen atoms in total. The molecule has 1 saturated heterocycles. The second kappa shape index (κ2) is 8.35. The van der Waals surface area contributed by atoms with E-state index in [1.54, 1.807) is 23.9 Å². The first-order chi connectivity index (χ1) is 14.8. The molecule has 0 spiro atoms. The highest BCUT2D eigenvalue weighted by Gasteiger charge is 2.35. The minimum Gasteiger partial charge on any atom is -0.340 e. The van der Waals surface area contributed by atoms with E-state index in [0.717, 1.165) is 23.3 Å². The minimum absolute atomic E-state index is 0.0158. The molecule has 0 saturated carbocycles. The molecule has 4 heterocycles. The normalized spacial score (nSPS) is 17.2. The summed E-state index contributed by atoms with van der Waals surface area (Å²) in [6.07, 6.45) is 3.44. The summed E-state index contributed by atoms with van der Waals surface area (Å²) in [6.45, 7) is 6.94. The van der Waals surface area contributed by atoms with Crippen LogP contribution < -0.4 is 5.32 Å². The highest BCUT2D eigenvalue weighted by molar-refractivity contribution is 7.89. The zero-order valence-corrected chi connectivity index (χ0v) is 18.5. The fourth-order valence-electron chi connectivity index (χ4n) is 3.82. The lowest BCUT2D eigenvalue weighted by atomic mass is 10.0. The number of aromatic nitrogens is 4. The summed E-state index contributed by atoms with van der Waals surface area (Å²) in [5, 5.41) is 7.43. The zero-order valence-electron chi connectivity index (χ0n) is 17.7. The predicted octanol–water partition coefficient (Wildman–Crippen LogP) is 3.37. The van der Waals surface area contributed by atoms with Crippen LogP contribution in [0.2, 0.25) is 0 Å². The fourth-order valence-corrected chi connectivity index (χ4v) is 5.48. The van der Waals surface area contributed by atoms with Crippen LogP contribution in [0.4, 0.5) is 15.9 Å². The van der Waals surface area contributed by atoms with Gasteiger partial charge < -0.3 is 5.32 Å². The van der Waals surface area contributed by atoms with Crippen LogP contribution in [0.15, 0.2) is 41.6 Å². The highest BCUT2D eigenvalue weighted by Crippen LogP contribution is 2.32. The molecule has 1 fully saturated rings. The third kappa shape index (κ3) is 4.45. The molecule has 0 radical (unpaired) electrons. The van der Waals surface area contributed by atoms with Gasteiger partial charge in [0.2, 0.25) is 10.0 Å². The second-order valence-corrected chi connectivity index (χ2v) is 9.60. The molecular formula is C21H25FN6O2S. The van der Waals surface area contributed by atoms with Gasteiger partial charge in [0.15, 0.2) is 0 Å². The van der Waals surface area contributed by atoms with Gasteiger partial charge in [0.1, 0.15) is 16.5 Å². The Labute approximate surface area is 181 Å². The van der Waals surface area contributed by atoms with Gasteiger partial charge in [0.05, 0.1) is 11.9 Å². The summed E-state index contributed by atoms with van der Waals surface area (Å²) in [7, 11) is -3.61. The largest absolute Gasteiger partial charge is 0.340 e. The van der Waals surface area contributed by atoms with Gasteiger partial charge in [-0.15, -0.1) is 0 Å². The smallest absolute Gasteiger partial charge is 0.246 e. The number of nitrogens with one attached hydrogen (secondary N) is 1. The first-order valence-electron chi connectivity index (χ1n) is 10.2. The first-order valence-corrected chi connectivity index (χ1v) is 11.6. The average molecular weight is 445 g/mol. The Morgan fingerprint density at radius 3 is 2.74 bits per heavy atom. The van der Waals surface area contributed by atoms with Gasteiger partial charge in [-0.25, -0.2) is 17.8 Å². The van der Waals surface area contributed by atoms with Gasteiger partial charge in [-0.05, 0) is 51.5 Å². The molecule has 10 heteroatoms. The molecule has 3 aromatic rings. The minimum atomic E-state index is -3.61. The van der Waals surface area contributed by atoms with E-state index in [0.29, 0.717) is 37.6 Å². The maximum absolute atomic E-state index is 13.2. The SMILES string of the molecule is CCn1cc(S(=O)(=O)N2CCC(c3cc(Nc4ccc(F)cn4)cc(C)n3)C2)c(C)n1. The molecule has 31 heavy (non-hydrogen) atoms. The Morgan fingerprint density at radius 2 is 2.06 bits per heavy atom. The highest BCUT2D eigenvalue weighted by atomic mass is 32.2. The average Bonchev–Trinajstić information content (AvgIpc) is 3.37. The zero-order chi connectivity index (χ0) is 22.2. The third-order valence-corrected chi connectivity index (χ3v) is 7.35. The molecule has 1 atom stereocenters. The van der Waals surface area contributed by atoms with E-state index >= 15 is 0 Å². The summed E-state index contributed by atoms with van der Waals surface area (Å²) in [4.78, 5) is 8.92. The number of pyridine rings is 2. The van der Waals surface area contributed by atoms with Crippen LogP contribution in [0.3, 0.4) is 0 Å². The van der Waals surface area contributed by atoms with Crippen LogP contribution in [-0.4, -0.2) is 45.6 Å². The van der Waals surface area contributed by atoms with Crippen molar-refractivity contribution >= 4 is 21.5 Å². The van der Waals surface area contributed by atoms with E-state index in [-0.39, 0.29) is 10.8 Å². The molecule has 0 aliphatic carbocycles. The Balaban J connectivity index is 1.54. The van der Waals surface area contributed by atoms with Crippen LogP contribution in [0.1, 0.15) is 36.3 Å². The van der Waals surface area contributed by atoms with E-state index in [1.165, 1.54) is 10.4 Å². The summed E-state index contributed by atoms with van der Waals surface area (Å²) >= 11 is 0. The summed E-state index contributed by atoms with van der Waals surface area (Å²) in [5.41, 5.74) is 2.92. The van der Waals surface area contributed by atoms with Crippen molar-refractivity contribution in [2.45, 2.75) is 44.6 Å². The Morgan fingerprint density at radius 1 is 1.26 bits per heavy atom. The van der Waals surface area contributed by atoms with Crippen molar-refractivity contribution in [2.75, 3.05) is 18.4 Å². The molecule has 1 aliphatic rings. The Bertz CT molecular complexity index is 1190. The monoisotopic (exact) mass is 444 g/mol. The van der Waals surface area contributed by atoms with Crippen LogP contribution in [-0.2, 0) is 16.6 Å². The van der Waals surface area contributed by atoms with E-state index in [4.69, 9.17) is 0 Å². The quantitative estimate of drug-likeness (QED) is 0.627. The molecule has 1 aliphatic heterocycles. The number of halogens is 1. The van der Waals surface area contributed by atoms with Crippen molar-refractivity contribution in [1.82, 2.24) is 24.1 Å². The molecular weight excluding hydrogens is 419 g/mol. The van der Waals surface area contributed by atoms with E-state index < -0.39 is 15.8 Å². The Hall–Kier alpha value is -2.85. The molecule has 0 amide bonds. The first kappa shape index (κ1) is 21.4. The van der Waals surface area contributed by atoms with Gasteiger partial charge in [0, 0.05) is 48.8 Å². The van der Waals surface area contributed by atoms with Crippen molar-refractivity contribution in [2.24, 2.45) is 0 Å². The summed E-state index contributed by atoms with van der Waals surface area (Å²) in [5.74, 6) is 0.110. The van der Waals surface area contributed by atoms with Crippen molar-refractivity contribution in [3.05, 3.63) is 59.6 Å². The molecule has 1 N–H and O–H groups in total. The van der Waals surface area contributed by atoms with Crippen LogP contribution in [0, 0.1) is 19.7 Å². The number of aryl methyl sites for hydroxylation is 3. The maximum atomic E-state index is 13.2. The van der Waals surface area contributed by atoms with Crippen LogP contribution >= 0.6 is 0 Å². The second-order valence-electron chi connectivity index (χ2n) is 7.69. The van der Waals surface area contributed by atoms with Gasteiger partial charge >= 0.3 is 0 Å². The fraction of sp³-hybridized carbons (Fsp3) is 0.381. The van der Waals surface area contributed by atoms with Crippen molar-refractivity contribution in [3.63, 3.8) is 0 Å². The number of rotatable bonds is 6. The molecule has 0 bridgehead atoms. The Kier molecular flexibility index (Phi) is 5.76. The third-order valence-electron chi connectivity index (χ3n) is 5.39. The number of hydrogen-bond donors (Lipinski definition) is 1. The van der Waals surface area contributed by atoms with Crippen LogP contribution in [0.5, 0.6) is 0 Å². The van der Waals surface area contributed by atoms with Crippen molar-refractivity contribution < 1.29 is 12.8 Å². The topological polar surface area (TPSA) is 93.0 Å². The standard InChI is InChI=1S/C21H25FN6O2S/c1-4-27-13-20(15(3)26-27)31(29,30)28-8-7-16(12-28)19-10-18(9-14(2)24-19)25-21-6-5-17(22)11-23-21/h5-6,9-11,13,16H,4,7-8,12H2,1-3H3,(H,23,24,25). The molecule has 1 unspecified atom stereocenters. The molecule has 3 aromatic heterocycles. The number of sulfonamides is 1. The molecule has 4 rings (SSSR count). The van der Waals surface area contributed by atoms with E-state index in [2.05, 4.69) is 20.4 Å². The lowest BCUT2D eigenvalue weighted by Crippen LogP contribution is -2.29. The van der Waals surface area contributed by atoms with Crippen molar-refractivity contribution in [3.8, 4) is 0 Å². The lowest BCUT2D eigenvalue weighted by Gasteiger charge is -2.17. The number of hydrogen-bond acceptors (Lipinski definition) is 6. The lowest BCUT2D eigenvalue weighted by molar-refractivity contribution is 0.471. The van der Waals surface area contributed by atoms with Gasteiger partial charge in [-0.1, -0.05) is 0 Å². The van der Waals surface area contributed by atoms with Gasteiger partial charge in [0.25, 0.3) is 0 Å². The maximum Gasteiger partial charge on any atom is 0.246 e. The molecule has 0 aromatic carbocycles. The summed E-state index contributed by atoms with van der Waals surface area (Å²) in [6, 6.07) is 6.68. The number of anilines is 2. The summed E-state index contributed by atoms with van der Waals surface area (Å²) < 4.78 is 42.6. The van der Waals surface area contributed by atoms with E-state index in [9.17, 15) is 12.8 Å². The van der Waals surface area contributed by atoms with Gasteiger partial charge in [-0.3, -0.25) is 9.67 Å². The van der Waals surface area contributed by atoms with Gasteiger partial charge in [-0.2, -0.15) is 9.40 Å². The van der Waals surface area contributed by atoms with Crippen LogP contribution in [0.25, 0.3) is 0 Å². The molecule has 164 valence electrons. The predicted molar refractivity (Wildman–Crippen MR) is 115 cm³/mol. The van der Waals surface area contributed by atoms with E-state index in [1.807, 2.05) is 26.0 Å².